The second-order valence-electron chi connectivity index (χ2n) is 5.42. The van der Waals surface area contributed by atoms with Crippen LogP contribution in [0, 0.1) is 5.82 Å². The van der Waals surface area contributed by atoms with E-state index in [-0.39, 0.29) is 11.7 Å². The predicted octanol–water partition coefficient (Wildman–Crippen LogP) is 3.82. The first kappa shape index (κ1) is 19.6. The topological polar surface area (TPSA) is 56.8 Å². The van der Waals surface area contributed by atoms with Crippen LogP contribution in [0.25, 0.3) is 0 Å². The van der Waals surface area contributed by atoms with Gasteiger partial charge in [-0.1, -0.05) is 12.1 Å². The first-order chi connectivity index (χ1) is 12.7. The Bertz CT molecular complexity index is 721. The van der Waals surface area contributed by atoms with Gasteiger partial charge in [-0.3, -0.25) is 4.79 Å². The van der Waals surface area contributed by atoms with Crippen LogP contribution in [0.15, 0.2) is 42.5 Å². The van der Waals surface area contributed by atoms with Crippen LogP contribution < -0.4 is 19.5 Å². The second-order valence-corrected chi connectivity index (χ2v) is 5.42. The summed E-state index contributed by atoms with van der Waals surface area (Å²) in [7, 11) is 0. The van der Waals surface area contributed by atoms with Crippen molar-refractivity contribution in [2.24, 2.45) is 0 Å². The molecule has 5 nitrogen and oxygen atoms in total. The standard InChI is InChI=1S/C20H24FNO4/c1-3-24-18-11-10-15(14-19(18)25-4-2)20(23)22-12-7-13-26-17-9-6-5-8-16(17)21/h5-6,8-11,14H,3-4,7,12-13H2,1-2H3,(H,22,23). The van der Waals surface area contributed by atoms with Crippen LogP contribution >= 0.6 is 0 Å². The van der Waals surface area contributed by atoms with Gasteiger partial charge in [-0.15, -0.1) is 0 Å². The highest BCUT2D eigenvalue weighted by molar-refractivity contribution is 5.94. The Balaban J connectivity index is 1.82. The van der Waals surface area contributed by atoms with Crippen molar-refractivity contribution >= 4 is 5.91 Å². The number of halogens is 1. The molecule has 0 aliphatic carbocycles. The average Bonchev–Trinajstić information content (AvgIpc) is 2.64. The van der Waals surface area contributed by atoms with E-state index in [4.69, 9.17) is 14.2 Å². The van der Waals surface area contributed by atoms with E-state index in [0.29, 0.717) is 49.8 Å². The van der Waals surface area contributed by atoms with E-state index in [2.05, 4.69) is 5.32 Å². The first-order valence-corrected chi connectivity index (χ1v) is 8.70. The Morgan fingerprint density at radius 1 is 0.962 bits per heavy atom. The molecule has 2 aromatic carbocycles. The van der Waals surface area contributed by atoms with Crippen LogP contribution in [-0.2, 0) is 0 Å². The highest BCUT2D eigenvalue weighted by Crippen LogP contribution is 2.28. The smallest absolute Gasteiger partial charge is 0.251 e. The lowest BCUT2D eigenvalue weighted by Crippen LogP contribution is -2.25. The Hall–Kier alpha value is -2.76. The van der Waals surface area contributed by atoms with Crippen molar-refractivity contribution in [2.45, 2.75) is 20.3 Å². The molecule has 0 heterocycles. The van der Waals surface area contributed by atoms with E-state index in [0.717, 1.165) is 0 Å². The average molecular weight is 361 g/mol. The molecule has 140 valence electrons. The largest absolute Gasteiger partial charge is 0.490 e. The van der Waals surface area contributed by atoms with Crippen molar-refractivity contribution in [1.29, 1.82) is 0 Å². The van der Waals surface area contributed by atoms with E-state index < -0.39 is 5.82 Å². The Morgan fingerprint density at radius 2 is 1.69 bits per heavy atom. The number of nitrogens with one attached hydrogen (secondary N) is 1. The minimum Gasteiger partial charge on any atom is -0.490 e. The third kappa shape index (κ3) is 5.65. The summed E-state index contributed by atoms with van der Waals surface area (Å²) >= 11 is 0. The summed E-state index contributed by atoms with van der Waals surface area (Å²) in [6.45, 7) is 5.50. The van der Waals surface area contributed by atoms with Gasteiger partial charge in [-0.2, -0.15) is 0 Å². The van der Waals surface area contributed by atoms with Crippen molar-refractivity contribution in [3.63, 3.8) is 0 Å². The zero-order valence-electron chi connectivity index (χ0n) is 15.1. The highest BCUT2D eigenvalue weighted by atomic mass is 19.1. The Kier molecular flexibility index (Phi) is 7.74. The number of hydrogen-bond donors (Lipinski definition) is 1. The Labute approximate surface area is 153 Å². The number of benzene rings is 2. The SMILES string of the molecule is CCOc1ccc(C(=O)NCCCOc2ccccc2F)cc1OCC. The minimum absolute atomic E-state index is 0.208. The van der Waals surface area contributed by atoms with Crippen LogP contribution in [0.1, 0.15) is 30.6 Å². The molecule has 26 heavy (non-hydrogen) atoms. The number of amides is 1. The predicted molar refractivity (Wildman–Crippen MR) is 97.6 cm³/mol. The lowest BCUT2D eigenvalue weighted by molar-refractivity contribution is 0.0951. The van der Waals surface area contributed by atoms with Gasteiger partial charge in [0, 0.05) is 12.1 Å². The normalized spacial score (nSPS) is 10.3. The summed E-state index contributed by atoms with van der Waals surface area (Å²) in [4.78, 5) is 12.2. The third-order valence-electron chi connectivity index (χ3n) is 3.51. The van der Waals surface area contributed by atoms with Crippen LogP contribution in [-0.4, -0.2) is 32.3 Å². The molecule has 1 amide bonds. The molecule has 0 aromatic heterocycles. The van der Waals surface area contributed by atoms with Gasteiger partial charge < -0.3 is 19.5 Å². The van der Waals surface area contributed by atoms with Gasteiger partial charge in [0.05, 0.1) is 19.8 Å². The fourth-order valence-corrected chi connectivity index (χ4v) is 2.31. The van der Waals surface area contributed by atoms with Gasteiger partial charge in [0.15, 0.2) is 23.1 Å². The Morgan fingerprint density at radius 3 is 2.42 bits per heavy atom. The maximum atomic E-state index is 13.4. The van der Waals surface area contributed by atoms with Gasteiger partial charge in [0.25, 0.3) is 5.91 Å². The van der Waals surface area contributed by atoms with Crippen molar-refractivity contribution in [2.75, 3.05) is 26.4 Å². The monoisotopic (exact) mass is 361 g/mol. The van der Waals surface area contributed by atoms with Gasteiger partial charge in [0.1, 0.15) is 0 Å². The number of ether oxygens (including phenoxy) is 3. The van der Waals surface area contributed by atoms with E-state index in [1.54, 1.807) is 36.4 Å². The van der Waals surface area contributed by atoms with Crippen molar-refractivity contribution in [1.82, 2.24) is 5.32 Å². The van der Waals surface area contributed by atoms with Crippen LogP contribution in [0.4, 0.5) is 4.39 Å². The number of hydrogen-bond acceptors (Lipinski definition) is 4. The fourth-order valence-electron chi connectivity index (χ4n) is 2.31. The quantitative estimate of drug-likeness (QED) is 0.654. The highest BCUT2D eigenvalue weighted by Gasteiger charge is 2.11. The lowest BCUT2D eigenvalue weighted by atomic mass is 10.2. The summed E-state index contributed by atoms with van der Waals surface area (Å²) in [5.74, 6) is 0.773. The van der Waals surface area contributed by atoms with Gasteiger partial charge in [-0.05, 0) is 50.6 Å². The van der Waals surface area contributed by atoms with E-state index in [1.807, 2.05) is 13.8 Å². The van der Waals surface area contributed by atoms with E-state index in [1.165, 1.54) is 6.07 Å². The summed E-state index contributed by atoms with van der Waals surface area (Å²) in [6, 6.07) is 11.3. The number of carbonyl (C=O) groups is 1. The molecule has 0 aliphatic heterocycles. The molecule has 0 aliphatic rings. The lowest BCUT2D eigenvalue weighted by Gasteiger charge is -2.12. The first-order valence-electron chi connectivity index (χ1n) is 8.70. The van der Waals surface area contributed by atoms with Crippen molar-refractivity contribution < 1.29 is 23.4 Å². The molecule has 0 spiro atoms. The molecule has 0 unspecified atom stereocenters. The molecule has 2 rings (SSSR count). The molecule has 0 atom stereocenters. The zero-order valence-corrected chi connectivity index (χ0v) is 15.1. The van der Waals surface area contributed by atoms with Gasteiger partial charge in [-0.25, -0.2) is 4.39 Å². The number of carbonyl (C=O) groups excluding carboxylic acids is 1. The summed E-state index contributed by atoms with van der Waals surface area (Å²) in [5, 5.41) is 2.81. The van der Waals surface area contributed by atoms with Crippen LogP contribution in [0.2, 0.25) is 0 Å². The number of rotatable bonds is 10. The van der Waals surface area contributed by atoms with Crippen molar-refractivity contribution in [3.05, 3.63) is 53.8 Å². The van der Waals surface area contributed by atoms with Gasteiger partial charge in [0.2, 0.25) is 0 Å². The molecule has 0 radical (unpaired) electrons. The summed E-state index contributed by atoms with van der Waals surface area (Å²) in [6.07, 6.45) is 0.565. The molecule has 2 aromatic rings. The van der Waals surface area contributed by atoms with Crippen molar-refractivity contribution in [3.8, 4) is 17.2 Å². The maximum Gasteiger partial charge on any atom is 0.251 e. The number of para-hydroxylation sites is 1. The zero-order chi connectivity index (χ0) is 18.8. The third-order valence-corrected chi connectivity index (χ3v) is 3.51. The van der Waals surface area contributed by atoms with E-state index in [9.17, 15) is 9.18 Å². The molecule has 0 bridgehead atoms. The minimum atomic E-state index is -0.394. The molecular formula is C20H24FNO4. The maximum absolute atomic E-state index is 13.4. The second kappa shape index (κ2) is 10.3. The van der Waals surface area contributed by atoms with Crippen LogP contribution in [0.5, 0.6) is 17.2 Å². The summed E-state index contributed by atoms with van der Waals surface area (Å²) < 4.78 is 29.8. The molecule has 0 fully saturated rings. The van der Waals surface area contributed by atoms with E-state index >= 15 is 0 Å². The molecule has 0 saturated heterocycles. The summed E-state index contributed by atoms with van der Waals surface area (Å²) in [5.41, 5.74) is 0.493. The fraction of sp³-hybridized carbons (Fsp3) is 0.350. The molecule has 1 N–H and O–H groups in total. The molecule has 6 heteroatoms. The van der Waals surface area contributed by atoms with Gasteiger partial charge >= 0.3 is 0 Å². The molecular weight excluding hydrogens is 337 g/mol. The molecule has 0 saturated carbocycles. The van der Waals surface area contributed by atoms with Crippen LogP contribution in [0.3, 0.4) is 0 Å².